The summed E-state index contributed by atoms with van der Waals surface area (Å²) in [6.07, 6.45) is 3.49. The first kappa shape index (κ1) is 16.0. The van der Waals surface area contributed by atoms with Crippen molar-refractivity contribution in [3.63, 3.8) is 0 Å². The number of carbonyl (C=O) groups excluding carboxylic acids is 1. The van der Waals surface area contributed by atoms with E-state index in [9.17, 15) is 13.2 Å². The number of nitrogens with zero attached hydrogens (tertiary/aromatic N) is 2. The van der Waals surface area contributed by atoms with Gasteiger partial charge in [0.25, 0.3) is 0 Å². The molecule has 0 unspecified atom stereocenters. The lowest BCUT2D eigenvalue weighted by atomic mass is 10.2. The van der Waals surface area contributed by atoms with Crippen LogP contribution in [0.25, 0.3) is 0 Å². The molecule has 8 heteroatoms. The first-order valence-corrected chi connectivity index (χ1v) is 8.52. The summed E-state index contributed by atoms with van der Waals surface area (Å²) in [5, 5.41) is 3.71. The Morgan fingerprint density at radius 1 is 1.48 bits per heavy atom. The largest absolute Gasteiger partial charge is 0.468 e. The van der Waals surface area contributed by atoms with Crippen LogP contribution < -0.4 is 0 Å². The molecule has 21 heavy (non-hydrogen) atoms. The molecule has 0 aliphatic heterocycles. The summed E-state index contributed by atoms with van der Waals surface area (Å²) >= 11 is 0. The number of aryl methyl sites for hydroxylation is 1. The van der Waals surface area contributed by atoms with E-state index in [2.05, 4.69) is 9.89 Å². The van der Waals surface area contributed by atoms with Gasteiger partial charge in [0.15, 0.2) is 0 Å². The van der Waals surface area contributed by atoms with Crippen LogP contribution in [0.4, 0.5) is 0 Å². The monoisotopic (exact) mass is 316 g/mol. The quantitative estimate of drug-likeness (QED) is 0.733. The van der Waals surface area contributed by atoms with E-state index in [1.54, 1.807) is 13.0 Å². The van der Waals surface area contributed by atoms with Crippen LogP contribution in [0.5, 0.6) is 0 Å². The van der Waals surface area contributed by atoms with Gasteiger partial charge in [0.05, 0.1) is 7.11 Å². The summed E-state index contributed by atoms with van der Waals surface area (Å²) in [6, 6.07) is 1.45. The molecule has 0 aromatic carbocycles. The van der Waals surface area contributed by atoms with Gasteiger partial charge in [-0.2, -0.15) is 4.31 Å². The molecule has 0 atom stereocenters. The van der Waals surface area contributed by atoms with E-state index in [4.69, 9.17) is 4.52 Å². The maximum atomic E-state index is 12.6. The zero-order valence-electron chi connectivity index (χ0n) is 12.2. The molecule has 1 aromatic heterocycles. The number of rotatable bonds is 6. The van der Waals surface area contributed by atoms with Crippen molar-refractivity contribution in [2.75, 3.05) is 13.7 Å². The second-order valence-electron chi connectivity index (χ2n) is 5.24. The molecule has 1 saturated carbocycles. The van der Waals surface area contributed by atoms with Gasteiger partial charge in [0, 0.05) is 12.1 Å². The maximum Gasteiger partial charge on any atom is 0.321 e. The van der Waals surface area contributed by atoms with Crippen LogP contribution in [-0.4, -0.2) is 43.5 Å². The van der Waals surface area contributed by atoms with E-state index in [1.165, 1.54) is 11.4 Å². The van der Waals surface area contributed by atoms with E-state index < -0.39 is 16.0 Å². The van der Waals surface area contributed by atoms with Gasteiger partial charge in [-0.05, 0) is 19.8 Å². The number of sulfonamides is 1. The van der Waals surface area contributed by atoms with E-state index in [-0.39, 0.29) is 18.3 Å². The Hall–Kier alpha value is -1.41. The minimum absolute atomic E-state index is 0.137. The Balaban J connectivity index is 2.18. The van der Waals surface area contributed by atoms with Gasteiger partial charge in [-0.15, -0.1) is 0 Å². The van der Waals surface area contributed by atoms with Crippen molar-refractivity contribution in [3.05, 3.63) is 17.5 Å². The molecule has 0 radical (unpaired) electrons. The Kier molecular flexibility index (Phi) is 5.00. The van der Waals surface area contributed by atoms with Crippen molar-refractivity contribution in [2.24, 2.45) is 0 Å². The van der Waals surface area contributed by atoms with Crippen molar-refractivity contribution in [1.82, 2.24) is 9.46 Å². The Bertz CT molecular complexity index is 589. The number of methoxy groups -OCH3 is 1. The normalized spacial score (nSPS) is 16.5. The molecule has 7 nitrogen and oxygen atoms in total. The zero-order chi connectivity index (χ0) is 15.5. The molecule has 118 valence electrons. The molecule has 0 bridgehead atoms. The van der Waals surface area contributed by atoms with Gasteiger partial charge in [0.1, 0.15) is 23.8 Å². The Labute approximate surface area is 124 Å². The van der Waals surface area contributed by atoms with Crippen molar-refractivity contribution in [3.8, 4) is 0 Å². The van der Waals surface area contributed by atoms with E-state index in [0.717, 1.165) is 25.7 Å². The van der Waals surface area contributed by atoms with Crippen molar-refractivity contribution < 1.29 is 22.5 Å². The third-order valence-electron chi connectivity index (χ3n) is 3.61. The van der Waals surface area contributed by atoms with Crippen LogP contribution in [0, 0.1) is 6.92 Å². The van der Waals surface area contributed by atoms with Gasteiger partial charge < -0.3 is 9.26 Å². The topological polar surface area (TPSA) is 89.7 Å². The van der Waals surface area contributed by atoms with Gasteiger partial charge >= 0.3 is 5.97 Å². The fourth-order valence-corrected chi connectivity index (χ4v) is 4.24. The Morgan fingerprint density at radius 3 is 2.67 bits per heavy atom. The molecule has 1 aromatic rings. The third kappa shape index (κ3) is 4.04. The summed E-state index contributed by atoms with van der Waals surface area (Å²) < 4.78 is 35.9. The van der Waals surface area contributed by atoms with Crippen molar-refractivity contribution in [2.45, 2.75) is 44.4 Å². The lowest BCUT2D eigenvalue weighted by Gasteiger charge is -2.26. The molecular weight excluding hydrogens is 296 g/mol. The molecule has 1 aliphatic rings. The summed E-state index contributed by atoms with van der Waals surface area (Å²) in [5.41, 5.74) is 0.348. The first-order valence-electron chi connectivity index (χ1n) is 6.91. The molecule has 0 saturated heterocycles. The lowest BCUT2D eigenvalue weighted by molar-refractivity contribution is -0.141. The summed E-state index contributed by atoms with van der Waals surface area (Å²) in [7, 11) is -2.39. The van der Waals surface area contributed by atoms with Crippen LogP contribution in [0.1, 0.15) is 37.1 Å². The maximum absolute atomic E-state index is 12.6. The number of esters is 1. The smallest absolute Gasteiger partial charge is 0.321 e. The molecule has 1 heterocycles. The van der Waals surface area contributed by atoms with Crippen LogP contribution in [0.2, 0.25) is 0 Å². The minimum Gasteiger partial charge on any atom is -0.468 e. The summed E-state index contributed by atoms with van der Waals surface area (Å²) in [5.74, 6) is -0.264. The Morgan fingerprint density at radius 2 is 2.14 bits per heavy atom. The number of hydrogen-bond acceptors (Lipinski definition) is 6. The second kappa shape index (κ2) is 6.57. The van der Waals surface area contributed by atoms with Crippen molar-refractivity contribution in [1.29, 1.82) is 0 Å². The SMILES string of the molecule is COC(=O)CN(C1CCCC1)S(=O)(=O)Cc1cc(C)on1. The van der Waals surface area contributed by atoms with Gasteiger partial charge in [0.2, 0.25) is 10.0 Å². The first-order chi connectivity index (χ1) is 9.92. The van der Waals surface area contributed by atoms with Crippen LogP contribution in [0.15, 0.2) is 10.6 Å². The number of carbonyl (C=O) groups is 1. The fourth-order valence-electron chi connectivity index (χ4n) is 2.59. The fraction of sp³-hybridized carbons (Fsp3) is 0.692. The highest BCUT2D eigenvalue weighted by Crippen LogP contribution is 2.27. The van der Waals surface area contributed by atoms with Crippen LogP contribution >= 0.6 is 0 Å². The molecule has 0 N–H and O–H groups in total. The third-order valence-corrected chi connectivity index (χ3v) is 5.41. The molecule has 0 spiro atoms. The lowest BCUT2D eigenvalue weighted by Crippen LogP contribution is -2.43. The van der Waals surface area contributed by atoms with Crippen LogP contribution in [-0.2, 0) is 25.3 Å². The van der Waals surface area contributed by atoms with E-state index >= 15 is 0 Å². The predicted molar refractivity (Wildman–Crippen MR) is 74.8 cm³/mol. The van der Waals surface area contributed by atoms with Crippen molar-refractivity contribution >= 4 is 16.0 Å². The number of aromatic nitrogens is 1. The second-order valence-corrected chi connectivity index (χ2v) is 7.17. The molecule has 2 rings (SSSR count). The summed E-state index contributed by atoms with van der Waals surface area (Å²) in [4.78, 5) is 11.5. The highest BCUT2D eigenvalue weighted by Gasteiger charge is 2.34. The molecule has 1 fully saturated rings. The average molecular weight is 316 g/mol. The zero-order valence-corrected chi connectivity index (χ0v) is 13.1. The molecular formula is C13H20N2O5S. The highest BCUT2D eigenvalue weighted by molar-refractivity contribution is 7.88. The van der Waals surface area contributed by atoms with Crippen LogP contribution in [0.3, 0.4) is 0 Å². The minimum atomic E-state index is -3.64. The molecule has 0 amide bonds. The number of ether oxygens (including phenoxy) is 1. The standard InChI is InChI=1S/C13H20N2O5S/c1-10-7-11(14-20-10)9-21(17,18)15(8-13(16)19-2)12-5-3-4-6-12/h7,12H,3-6,8-9H2,1-2H3. The summed E-state index contributed by atoms with van der Waals surface area (Å²) in [6.45, 7) is 1.45. The average Bonchev–Trinajstić information content (AvgIpc) is 3.06. The van der Waals surface area contributed by atoms with Gasteiger partial charge in [-0.1, -0.05) is 18.0 Å². The predicted octanol–water partition coefficient (Wildman–Crippen LogP) is 1.23. The van der Waals surface area contributed by atoms with Gasteiger partial charge in [-0.25, -0.2) is 8.42 Å². The molecule has 1 aliphatic carbocycles. The van der Waals surface area contributed by atoms with Gasteiger partial charge in [-0.3, -0.25) is 4.79 Å². The van der Waals surface area contributed by atoms with E-state index in [0.29, 0.717) is 11.5 Å². The van der Waals surface area contributed by atoms with E-state index in [1.807, 2.05) is 0 Å². The number of hydrogen-bond donors (Lipinski definition) is 0. The highest BCUT2D eigenvalue weighted by atomic mass is 32.2.